The minimum Gasteiger partial charge on any atom is -0.435 e. The van der Waals surface area contributed by atoms with E-state index in [4.69, 9.17) is 0 Å². The minimum absolute atomic E-state index is 0. The molecule has 0 bridgehead atoms. The number of carbonyl (C=O) groups excluding carboxylic acids is 1. The standard InChI is InChI=1S/C16H20F5N3O2.ClH/c17-15(18)26-12-4-2-1-3-11(12)9-14(25)23-10-13(16(19,20)21)24-7-5-22-6-8-24;/h1-4,13,15,22H,5-10H2,(H,23,25);1H. The summed E-state index contributed by atoms with van der Waals surface area (Å²) in [5.41, 5.74) is 0.177. The van der Waals surface area contributed by atoms with Crippen LogP contribution in [0, 0.1) is 0 Å². The number of amides is 1. The Morgan fingerprint density at radius 1 is 1.22 bits per heavy atom. The fourth-order valence-electron chi connectivity index (χ4n) is 2.75. The zero-order valence-corrected chi connectivity index (χ0v) is 15.1. The molecule has 2 rings (SSSR count). The Morgan fingerprint density at radius 2 is 1.85 bits per heavy atom. The van der Waals surface area contributed by atoms with Crippen molar-refractivity contribution in [2.45, 2.75) is 25.3 Å². The Bertz CT molecular complexity index is 598. The van der Waals surface area contributed by atoms with Crippen LogP contribution in [-0.4, -0.2) is 62.4 Å². The van der Waals surface area contributed by atoms with E-state index in [0.29, 0.717) is 13.1 Å². The number of nitrogens with one attached hydrogen (secondary N) is 2. The highest BCUT2D eigenvalue weighted by molar-refractivity contribution is 5.85. The summed E-state index contributed by atoms with van der Waals surface area (Å²) >= 11 is 0. The van der Waals surface area contributed by atoms with Crippen molar-refractivity contribution in [2.75, 3.05) is 32.7 Å². The van der Waals surface area contributed by atoms with Crippen molar-refractivity contribution in [2.24, 2.45) is 0 Å². The molecule has 0 aromatic heterocycles. The summed E-state index contributed by atoms with van der Waals surface area (Å²) in [6.45, 7) is -2.31. The predicted octanol–water partition coefficient (Wildman–Crippen LogP) is 2.20. The lowest BCUT2D eigenvalue weighted by Crippen LogP contribution is -2.57. The Morgan fingerprint density at radius 3 is 2.44 bits per heavy atom. The molecule has 1 aliphatic rings. The molecule has 1 aliphatic heterocycles. The summed E-state index contributed by atoms with van der Waals surface area (Å²) in [4.78, 5) is 13.3. The molecule has 1 heterocycles. The molecular weight excluding hydrogens is 397 g/mol. The number of hydrogen-bond donors (Lipinski definition) is 2. The molecule has 2 N–H and O–H groups in total. The van der Waals surface area contributed by atoms with E-state index < -0.39 is 31.3 Å². The molecular formula is C16H21ClF5N3O2. The number of alkyl halides is 5. The van der Waals surface area contributed by atoms with Gasteiger partial charge in [0.2, 0.25) is 5.91 Å². The zero-order chi connectivity index (χ0) is 19.2. The molecule has 154 valence electrons. The molecule has 1 amide bonds. The van der Waals surface area contributed by atoms with E-state index in [-0.39, 0.29) is 43.2 Å². The SMILES string of the molecule is Cl.O=C(Cc1ccccc1OC(F)F)NCC(N1CCNCC1)C(F)(F)F. The lowest BCUT2D eigenvalue weighted by Gasteiger charge is -2.35. The van der Waals surface area contributed by atoms with Crippen LogP contribution in [0.2, 0.25) is 0 Å². The van der Waals surface area contributed by atoms with Crippen LogP contribution in [-0.2, 0) is 11.2 Å². The first-order valence-corrected chi connectivity index (χ1v) is 8.08. The quantitative estimate of drug-likeness (QED) is 0.668. The van der Waals surface area contributed by atoms with Crippen LogP contribution < -0.4 is 15.4 Å². The second-order valence-corrected chi connectivity index (χ2v) is 5.81. The third kappa shape index (κ3) is 7.47. The molecule has 5 nitrogen and oxygen atoms in total. The number of piperazine rings is 1. The van der Waals surface area contributed by atoms with E-state index >= 15 is 0 Å². The molecule has 27 heavy (non-hydrogen) atoms. The van der Waals surface area contributed by atoms with E-state index in [0.717, 1.165) is 0 Å². The Kier molecular flexibility index (Phi) is 9.20. The van der Waals surface area contributed by atoms with Crippen molar-refractivity contribution in [3.63, 3.8) is 0 Å². The smallest absolute Gasteiger partial charge is 0.405 e. The third-order valence-electron chi connectivity index (χ3n) is 4.00. The molecule has 0 spiro atoms. The van der Waals surface area contributed by atoms with Gasteiger partial charge in [-0.3, -0.25) is 9.69 Å². The average molecular weight is 418 g/mol. The van der Waals surface area contributed by atoms with Crippen molar-refractivity contribution in [1.82, 2.24) is 15.5 Å². The van der Waals surface area contributed by atoms with Crippen LogP contribution in [0.15, 0.2) is 24.3 Å². The number of benzene rings is 1. The highest BCUT2D eigenvalue weighted by atomic mass is 35.5. The highest BCUT2D eigenvalue weighted by Gasteiger charge is 2.43. The number of carbonyl (C=O) groups is 1. The normalized spacial score (nSPS) is 16.5. The Hall–Kier alpha value is -1.65. The molecule has 1 unspecified atom stereocenters. The average Bonchev–Trinajstić information content (AvgIpc) is 2.56. The van der Waals surface area contributed by atoms with Crippen LogP contribution in [0.3, 0.4) is 0 Å². The summed E-state index contributed by atoms with van der Waals surface area (Å²) in [6, 6.07) is 3.88. The minimum atomic E-state index is -4.48. The van der Waals surface area contributed by atoms with Gasteiger partial charge in [0.15, 0.2) is 0 Å². The van der Waals surface area contributed by atoms with Gasteiger partial charge in [-0.25, -0.2) is 0 Å². The van der Waals surface area contributed by atoms with Crippen LogP contribution in [0.5, 0.6) is 5.75 Å². The van der Waals surface area contributed by atoms with Gasteiger partial charge in [-0.1, -0.05) is 18.2 Å². The van der Waals surface area contributed by atoms with Crippen LogP contribution in [0.1, 0.15) is 5.56 Å². The van der Waals surface area contributed by atoms with E-state index in [1.165, 1.54) is 29.2 Å². The summed E-state index contributed by atoms with van der Waals surface area (Å²) in [5, 5.41) is 5.22. The lowest BCUT2D eigenvalue weighted by molar-refractivity contribution is -0.184. The maximum Gasteiger partial charge on any atom is 0.405 e. The highest BCUT2D eigenvalue weighted by Crippen LogP contribution is 2.25. The van der Waals surface area contributed by atoms with Gasteiger partial charge in [0.25, 0.3) is 0 Å². The van der Waals surface area contributed by atoms with Gasteiger partial charge in [0.05, 0.1) is 6.42 Å². The first kappa shape index (κ1) is 23.4. The monoisotopic (exact) mass is 417 g/mol. The number of ether oxygens (including phenoxy) is 1. The Balaban J connectivity index is 0.00000364. The van der Waals surface area contributed by atoms with Gasteiger partial charge < -0.3 is 15.4 Å². The van der Waals surface area contributed by atoms with Gasteiger partial charge in [0.1, 0.15) is 11.8 Å². The molecule has 11 heteroatoms. The molecule has 1 aromatic carbocycles. The number of halogens is 6. The van der Waals surface area contributed by atoms with Crippen LogP contribution in [0.4, 0.5) is 22.0 Å². The molecule has 1 atom stereocenters. The number of para-hydroxylation sites is 1. The van der Waals surface area contributed by atoms with Gasteiger partial charge in [-0.05, 0) is 6.07 Å². The van der Waals surface area contributed by atoms with Gasteiger partial charge in [-0.2, -0.15) is 22.0 Å². The van der Waals surface area contributed by atoms with Gasteiger partial charge in [-0.15, -0.1) is 12.4 Å². The second-order valence-electron chi connectivity index (χ2n) is 5.81. The summed E-state index contributed by atoms with van der Waals surface area (Å²) < 4.78 is 68.9. The zero-order valence-electron chi connectivity index (χ0n) is 14.3. The van der Waals surface area contributed by atoms with E-state index in [2.05, 4.69) is 15.4 Å². The van der Waals surface area contributed by atoms with Crippen molar-refractivity contribution >= 4 is 18.3 Å². The van der Waals surface area contributed by atoms with Gasteiger partial charge >= 0.3 is 12.8 Å². The van der Waals surface area contributed by atoms with Crippen molar-refractivity contribution < 1.29 is 31.5 Å². The molecule has 1 fully saturated rings. The van der Waals surface area contributed by atoms with Crippen LogP contribution in [0.25, 0.3) is 0 Å². The summed E-state index contributed by atoms with van der Waals surface area (Å²) in [5.74, 6) is -0.869. The first-order valence-electron chi connectivity index (χ1n) is 8.08. The van der Waals surface area contributed by atoms with Crippen LogP contribution >= 0.6 is 12.4 Å². The fourth-order valence-corrected chi connectivity index (χ4v) is 2.75. The molecule has 0 radical (unpaired) electrons. The number of nitrogens with zero attached hydrogens (tertiary/aromatic N) is 1. The second kappa shape index (κ2) is 10.6. The molecule has 0 saturated carbocycles. The molecule has 1 aromatic rings. The summed E-state index contributed by atoms with van der Waals surface area (Å²) in [7, 11) is 0. The van der Waals surface area contributed by atoms with E-state index in [1.54, 1.807) is 0 Å². The predicted molar refractivity (Wildman–Crippen MR) is 91.3 cm³/mol. The Labute approximate surface area is 159 Å². The first-order chi connectivity index (χ1) is 12.3. The van der Waals surface area contributed by atoms with Crippen molar-refractivity contribution in [1.29, 1.82) is 0 Å². The largest absolute Gasteiger partial charge is 0.435 e. The van der Waals surface area contributed by atoms with E-state index in [1.807, 2.05) is 0 Å². The number of hydrogen-bond acceptors (Lipinski definition) is 4. The summed E-state index contributed by atoms with van der Waals surface area (Å²) in [6.07, 6.45) is -4.84. The molecule has 0 aliphatic carbocycles. The van der Waals surface area contributed by atoms with Gasteiger partial charge in [0, 0.05) is 38.3 Å². The maximum atomic E-state index is 13.3. The van der Waals surface area contributed by atoms with Crippen molar-refractivity contribution in [3.05, 3.63) is 29.8 Å². The number of rotatable bonds is 7. The third-order valence-corrected chi connectivity index (χ3v) is 4.00. The lowest BCUT2D eigenvalue weighted by atomic mass is 10.1. The van der Waals surface area contributed by atoms with E-state index in [9.17, 15) is 26.7 Å². The van der Waals surface area contributed by atoms with Crippen molar-refractivity contribution in [3.8, 4) is 5.75 Å². The topological polar surface area (TPSA) is 53.6 Å². The maximum absolute atomic E-state index is 13.3. The fraction of sp³-hybridized carbons (Fsp3) is 0.562. The molecule has 1 saturated heterocycles.